The average Bonchev–Trinajstić information content (AvgIpc) is 3.18. The highest BCUT2D eigenvalue weighted by Crippen LogP contribution is 2.27. The molecule has 0 atom stereocenters. The van der Waals surface area contributed by atoms with Crippen LogP contribution >= 0.6 is 43.6 Å². The Morgan fingerprint density at radius 3 is 2.92 bits per heavy atom. The van der Waals surface area contributed by atoms with Crippen LogP contribution in [0.15, 0.2) is 55.1 Å². The number of carbonyl (C=O) groups is 1. The van der Waals surface area contributed by atoms with Crippen LogP contribution in [-0.2, 0) is 11.8 Å². The summed E-state index contributed by atoms with van der Waals surface area (Å²) < 4.78 is 8.83. The molecule has 3 aromatic rings. The van der Waals surface area contributed by atoms with Crippen molar-refractivity contribution in [2.75, 3.05) is 11.1 Å². The minimum atomic E-state index is -0.124. The van der Waals surface area contributed by atoms with Crippen molar-refractivity contribution in [1.29, 1.82) is 0 Å². The lowest BCUT2D eigenvalue weighted by molar-refractivity contribution is -0.113. The minimum absolute atomic E-state index is 0.124. The van der Waals surface area contributed by atoms with Crippen molar-refractivity contribution < 1.29 is 9.21 Å². The van der Waals surface area contributed by atoms with Gasteiger partial charge in [-0.25, -0.2) is 0 Å². The number of anilines is 1. The predicted octanol–water partition coefficient (Wildman–Crippen LogP) is 4.33. The van der Waals surface area contributed by atoms with Gasteiger partial charge in [0.15, 0.2) is 16.7 Å². The van der Waals surface area contributed by atoms with Crippen molar-refractivity contribution in [3.8, 4) is 11.6 Å². The topological polar surface area (TPSA) is 73.0 Å². The van der Waals surface area contributed by atoms with E-state index >= 15 is 0 Å². The summed E-state index contributed by atoms with van der Waals surface area (Å²) in [6.07, 6.45) is 1.58. The fraction of sp³-hybridized carbons (Fsp3) is 0.133. The van der Waals surface area contributed by atoms with Gasteiger partial charge >= 0.3 is 0 Å². The number of nitrogens with zero attached hydrogens (tertiary/aromatic N) is 3. The van der Waals surface area contributed by atoms with E-state index < -0.39 is 0 Å². The van der Waals surface area contributed by atoms with Crippen molar-refractivity contribution in [2.45, 2.75) is 5.16 Å². The summed E-state index contributed by atoms with van der Waals surface area (Å²) in [5, 5.41) is 11.7. The minimum Gasteiger partial charge on any atom is -0.461 e. The van der Waals surface area contributed by atoms with Crippen LogP contribution in [0.4, 0.5) is 5.69 Å². The van der Waals surface area contributed by atoms with Gasteiger partial charge in [0.05, 0.1) is 17.7 Å². The normalized spacial score (nSPS) is 10.8. The highest BCUT2D eigenvalue weighted by atomic mass is 79.9. The zero-order valence-electron chi connectivity index (χ0n) is 12.5. The maximum atomic E-state index is 12.2. The highest BCUT2D eigenvalue weighted by molar-refractivity contribution is 9.11. The molecule has 0 saturated carbocycles. The molecule has 0 aliphatic rings. The van der Waals surface area contributed by atoms with Crippen molar-refractivity contribution in [2.24, 2.45) is 7.05 Å². The van der Waals surface area contributed by atoms with Gasteiger partial charge in [-0.15, -0.1) is 10.2 Å². The van der Waals surface area contributed by atoms with Crippen molar-refractivity contribution in [1.82, 2.24) is 14.8 Å². The summed E-state index contributed by atoms with van der Waals surface area (Å²) in [6, 6.07) is 9.20. The van der Waals surface area contributed by atoms with E-state index in [0.717, 1.165) is 8.95 Å². The zero-order valence-corrected chi connectivity index (χ0v) is 16.5. The third kappa shape index (κ3) is 3.90. The molecule has 0 aliphatic heterocycles. The summed E-state index contributed by atoms with van der Waals surface area (Å²) in [4.78, 5) is 12.2. The molecule has 0 aliphatic carbocycles. The Labute approximate surface area is 159 Å². The first kappa shape index (κ1) is 17.2. The summed E-state index contributed by atoms with van der Waals surface area (Å²) in [6.45, 7) is 0. The Kier molecular flexibility index (Phi) is 5.42. The Bertz CT molecular complexity index is 864. The first-order chi connectivity index (χ1) is 11.5. The van der Waals surface area contributed by atoms with Crippen LogP contribution in [0.5, 0.6) is 0 Å². The van der Waals surface area contributed by atoms with E-state index in [4.69, 9.17) is 4.42 Å². The second-order valence-corrected chi connectivity index (χ2v) is 7.52. The molecule has 9 heteroatoms. The van der Waals surface area contributed by atoms with Crippen LogP contribution in [0.3, 0.4) is 0 Å². The molecule has 0 bridgehead atoms. The van der Waals surface area contributed by atoms with Crippen LogP contribution in [0.25, 0.3) is 11.6 Å². The molecule has 2 aromatic heterocycles. The van der Waals surface area contributed by atoms with Crippen LogP contribution < -0.4 is 5.32 Å². The summed E-state index contributed by atoms with van der Waals surface area (Å²) >= 11 is 8.11. The molecule has 24 heavy (non-hydrogen) atoms. The molecule has 0 fully saturated rings. The van der Waals surface area contributed by atoms with Gasteiger partial charge < -0.3 is 14.3 Å². The monoisotopic (exact) mass is 470 g/mol. The van der Waals surface area contributed by atoms with E-state index in [9.17, 15) is 4.79 Å². The maximum absolute atomic E-state index is 12.2. The standard InChI is InChI=1S/C15H12Br2N4O2S/c1-21-14(12-3-2-6-23-12)19-20-15(21)24-8-13(22)18-11-7-9(16)4-5-10(11)17/h2-7H,8H2,1H3,(H,18,22). The Morgan fingerprint density at radius 2 is 2.17 bits per heavy atom. The lowest BCUT2D eigenvalue weighted by atomic mass is 10.3. The molecule has 2 heterocycles. The third-order valence-corrected chi connectivity index (χ3v) is 5.32. The van der Waals surface area contributed by atoms with Gasteiger partial charge in [0.1, 0.15) is 0 Å². The number of thioether (sulfide) groups is 1. The molecular formula is C15H12Br2N4O2S. The van der Waals surface area contributed by atoms with Gasteiger partial charge in [-0.2, -0.15) is 0 Å². The van der Waals surface area contributed by atoms with E-state index in [-0.39, 0.29) is 11.7 Å². The van der Waals surface area contributed by atoms with E-state index in [0.29, 0.717) is 22.4 Å². The van der Waals surface area contributed by atoms with E-state index in [1.54, 1.807) is 16.9 Å². The SMILES string of the molecule is Cn1c(SCC(=O)Nc2cc(Br)ccc2Br)nnc1-c1ccco1. The number of amides is 1. The van der Waals surface area contributed by atoms with Gasteiger partial charge in [-0.1, -0.05) is 27.7 Å². The van der Waals surface area contributed by atoms with Crippen molar-refractivity contribution in [3.05, 3.63) is 45.5 Å². The summed E-state index contributed by atoms with van der Waals surface area (Å²) in [7, 11) is 1.84. The Hall–Kier alpha value is -1.58. The number of aromatic nitrogens is 3. The lowest BCUT2D eigenvalue weighted by Crippen LogP contribution is -2.14. The second-order valence-electron chi connectivity index (χ2n) is 4.80. The number of nitrogens with one attached hydrogen (secondary N) is 1. The lowest BCUT2D eigenvalue weighted by Gasteiger charge is -2.07. The van der Waals surface area contributed by atoms with Gasteiger partial charge in [0.25, 0.3) is 0 Å². The molecule has 6 nitrogen and oxygen atoms in total. The van der Waals surface area contributed by atoms with Crippen LogP contribution in [0.1, 0.15) is 0 Å². The predicted molar refractivity (Wildman–Crippen MR) is 99.9 cm³/mol. The number of carbonyl (C=O) groups excluding carboxylic acids is 1. The molecule has 0 saturated heterocycles. The Morgan fingerprint density at radius 1 is 1.33 bits per heavy atom. The molecular weight excluding hydrogens is 460 g/mol. The van der Waals surface area contributed by atoms with Crippen LogP contribution in [0, 0.1) is 0 Å². The molecule has 3 rings (SSSR count). The fourth-order valence-electron chi connectivity index (χ4n) is 1.97. The number of halogens is 2. The largest absolute Gasteiger partial charge is 0.461 e. The highest BCUT2D eigenvalue weighted by Gasteiger charge is 2.15. The van der Waals surface area contributed by atoms with Crippen molar-refractivity contribution in [3.63, 3.8) is 0 Å². The molecule has 0 unspecified atom stereocenters. The van der Waals surface area contributed by atoms with Gasteiger partial charge in [-0.05, 0) is 46.3 Å². The number of benzene rings is 1. The Balaban J connectivity index is 1.64. The third-order valence-electron chi connectivity index (χ3n) is 3.11. The molecule has 1 aromatic carbocycles. The number of hydrogen-bond donors (Lipinski definition) is 1. The molecule has 1 N–H and O–H groups in total. The number of furan rings is 1. The maximum Gasteiger partial charge on any atom is 0.234 e. The number of hydrogen-bond acceptors (Lipinski definition) is 5. The first-order valence-electron chi connectivity index (χ1n) is 6.85. The zero-order chi connectivity index (χ0) is 17.1. The second kappa shape index (κ2) is 7.54. The van der Waals surface area contributed by atoms with E-state index in [1.807, 2.05) is 31.3 Å². The molecule has 1 amide bonds. The fourth-order valence-corrected chi connectivity index (χ4v) is 3.39. The van der Waals surface area contributed by atoms with Gasteiger partial charge in [-0.3, -0.25) is 4.79 Å². The molecule has 0 spiro atoms. The van der Waals surface area contributed by atoms with Crippen LogP contribution in [0.2, 0.25) is 0 Å². The van der Waals surface area contributed by atoms with Gasteiger partial charge in [0, 0.05) is 16.0 Å². The quantitative estimate of drug-likeness (QED) is 0.560. The average molecular weight is 472 g/mol. The van der Waals surface area contributed by atoms with Gasteiger partial charge in [0.2, 0.25) is 5.91 Å². The van der Waals surface area contributed by atoms with Crippen LogP contribution in [-0.4, -0.2) is 26.4 Å². The van der Waals surface area contributed by atoms with Crippen molar-refractivity contribution >= 4 is 55.2 Å². The summed E-state index contributed by atoms with van der Waals surface area (Å²) in [5.74, 6) is 1.36. The summed E-state index contributed by atoms with van der Waals surface area (Å²) in [5.41, 5.74) is 0.712. The first-order valence-corrected chi connectivity index (χ1v) is 9.42. The number of rotatable bonds is 5. The molecule has 0 radical (unpaired) electrons. The molecule has 124 valence electrons. The van der Waals surface area contributed by atoms with E-state index in [1.165, 1.54) is 11.8 Å². The smallest absolute Gasteiger partial charge is 0.234 e. The van der Waals surface area contributed by atoms with E-state index in [2.05, 4.69) is 47.4 Å².